The van der Waals surface area contributed by atoms with Gasteiger partial charge in [0.15, 0.2) is 0 Å². The Hall–Kier alpha value is -2.83. The number of nitrogens with two attached hydrogens (primary N) is 1. The third-order valence-electron chi connectivity index (χ3n) is 4.62. The Morgan fingerprint density at radius 2 is 2.17 bits per heavy atom. The summed E-state index contributed by atoms with van der Waals surface area (Å²) in [5.41, 5.74) is 6.23. The number of hydrogen-bond donors (Lipinski definition) is 2. The van der Waals surface area contributed by atoms with Crippen molar-refractivity contribution in [2.75, 3.05) is 18.8 Å². The predicted octanol–water partition coefficient (Wildman–Crippen LogP) is 1.86. The van der Waals surface area contributed by atoms with Crippen molar-refractivity contribution in [3.63, 3.8) is 0 Å². The van der Waals surface area contributed by atoms with E-state index in [0.717, 1.165) is 30.6 Å². The minimum atomic E-state index is -0.343. The van der Waals surface area contributed by atoms with Crippen molar-refractivity contribution in [1.29, 1.82) is 0 Å². The van der Waals surface area contributed by atoms with Gasteiger partial charge >= 0.3 is 0 Å². The number of amides is 1. The molecule has 1 atom stereocenters. The summed E-state index contributed by atoms with van der Waals surface area (Å²) in [7, 11) is 0. The average Bonchev–Trinajstić information content (AvgIpc) is 2.93. The van der Waals surface area contributed by atoms with Crippen molar-refractivity contribution in [3.8, 4) is 5.75 Å². The average molecular weight is 325 g/mol. The zero-order valence-corrected chi connectivity index (χ0v) is 13.2. The van der Waals surface area contributed by atoms with Crippen molar-refractivity contribution in [2.24, 2.45) is 0 Å². The fraction of sp³-hybridized carbons (Fsp3) is 0.353. The maximum absolute atomic E-state index is 12.5. The molecule has 1 amide bonds. The zero-order valence-electron chi connectivity index (χ0n) is 13.2. The Balaban J connectivity index is 1.50. The number of nitrogens with zero attached hydrogens (tertiary/aromatic N) is 3. The Morgan fingerprint density at radius 1 is 1.29 bits per heavy atom. The topological polar surface area (TPSA) is 97.1 Å². The highest BCUT2D eigenvalue weighted by Crippen LogP contribution is 2.36. The second-order valence-corrected chi connectivity index (χ2v) is 6.23. The first-order valence-corrected chi connectivity index (χ1v) is 8.10. The van der Waals surface area contributed by atoms with E-state index in [1.165, 1.54) is 0 Å². The van der Waals surface area contributed by atoms with Crippen LogP contribution >= 0.6 is 0 Å². The maximum Gasteiger partial charge on any atom is 0.291 e. The van der Waals surface area contributed by atoms with E-state index in [9.17, 15) is 4.79 Å². The number of hydrogen-bond acceptors (Lipinski definition) is 5. The Bertz CT molecular complexity index is 800. The SMILES string of the molecule is Nc1n[nH]c(C(=O)N2CCC[C@@]3(C=Cc4ccccc4O3)CC2)n1. The molecule has 2 aromatic rings. The molecule has 1 saturated heterocycles. The lowest BCUT2D eigenvalue weighted by molar-refractivity contribution is 0.0719. The molecule has 1 spiro atoms. The van der Waals surface area contributed by atoms with Gasteiger partial charge in [0.2, 0.25) is 11.8 Å². The van der Waals surface area contributed by atoms with Gasteiger partial charge in [-0.3, -0.25) is 9.89 Å². The summed E-state index contributed by atoms with van der Waals surface area (Å²) < 4.78 is 6.30. The lowest BCUT2D eigenvalue weighted by Crippen LogP contribution is -2.38. The first kappa shape index (κ1) is 14.7. The number of carbonyl (C=O) groups excluding carboxylic acids is 1. The Morgan fingerprint density at radius 3 is 3.00 bits per heavy atom. The number of aromatic nitrogens is 3. The van der Waals surface area contributed by atoms with Gasteiger partial charge in [0.05, 0.1) is 0 Å². The van der Waals surface area contributed by atoms with E-state index < -0.39 is 0 Å². The van der Waals surface area contributed by atoms with Crippen molar-refractivity contribution in [2.45, 2.75) is 24.9 Å². The summed E-state index contributed by atoms with van der Waals surface area (Å²) in [6.07, 6.45) is 6.73. The van der Waals surface area contributed by atoms with Crippen LogP contribution in [0.25, 0.3) is 6.08 Å². The highest BCUT2D eigenvalue weighted by atomic mass is 16.5. The molecule has 7 heteroatoms. The normalized spacial score (nSPS) is 22.8. The molecule has 0 aliphatic carbocycles. The summed E-state index contributed by atoms with van der Waals surface area (Å²) in [5, 5.41) is 6.31. The van der Waals surface area contributed by atoms with Gasteiger partial charge in [-0.1, -0.05) is 24.3 Å². The summed E-state index contributed by atoms with van der Waals surface area (Å²) in [4.78, 5) is 18.2. The van der Waals surface area contributed by atoms with E-state index in [-0.39, 0.29) is 23.3 Å². The molecule has 24 heavy (non-hydrogen) atoms. The van der Waals surface area contributed by atoms with E-state index in [1.807, 2.05) is 24.3 Å². The van der Waals surface area contributed by atoms with Gasteiger partial charge in [-0.05, 0) is 25.0 Å². The zero-order chi connectivity index (χ0) is 16.6. The van der Waals surface area contributed by atoms with Crippen LogP contribution in [-0.2, 0) is 0 Å². The van der Waals surface area contributed by atoms with Gasteiger partial charge in [0.25, 0.3) is 5.91 Å². The number of nitrogen functional groups attached to an aromatic ring is 1. The highest BCUT2D eigenvalue weighted by Gasteiger charge is 2.36. The van der Waals surface area contributed by atoms with Gasteiger partial charge in [-0.15, -0.1) is 5.10 Å². The first-order chi connectivity index (χ1) is 11.7. The van der Waals surface area contributed by atoms with E-state index >= 15 is 0 Å². The van der Waals surface area contributed by atoms with Gasteiger partial charge in [-0.2, -0.15) is 4.98 Å². The van der Waals surface area contributed by atoms with Crippen molar-refractivity contribution >= 4 is 17.9 Å². The van der Waals surface area contributed by atoms with Crippen LogP contribution in [0.4, 0.5) is 5.95 Å². The van der Waals surface area contributed by atoms with Crippen molar-refractivity contribution in [3.05, 3.63) is 41.7 Å². The number of likely N-dealkylation sites (tertiary alicyclic amines) is 1. The number of benzene rings is 1. The molecule has 124 valence electrons. The Kier molecular flexibility index (Phi) is 3.48. The molecule has 0 unspecified atom stereocenters. The van der Waals surface area contributed by atoms with Crippen LogP contribution in [0.2, 0.25) is 0 Å². The maximum atomic E-state index is 12.5. The number of fused-ring (bicyclic) bond motifs is 1. The standard InChI is InChI=1S/C17H19N5O2/c18-16-19-14(20-21-16)15(23)22-10-3-7-17(9-11-22)8-6-12-4-1-2-5-13(12)24-17/h1-2,4-6,8H,3,7,9-11H2,(H3,18,19,20,21)/t17-/m1/s1. The number of carbonyl (C=O) groups is 1. The first-order valence-electron chi connectivity index (χ1n) is 8.10. The molecular formula is C17H19N5O2. The van der Waals surface area contributed by atoms with Crippen LogP contribution in [0.1, 0.15) is 35.4 Å². The molecule has 3 heterocycles. The molecule has 1 aromatic carbocycles. The lowest BCUT2D eigenvalue weighted by atomic mass is 9.91. The molecule has 1 aromatic heterocycles. The van der Waals surface area contributed by atoms with Crippen LogP contribution in [0.3, 0.4) is 0 Å². The van der Waals surface area contributed by atoms with Gasteiger partial charge in [0, 0.05) is 25.1 Å². The number of rotatable bonds is 1. The second-order valence-electron chi connectivity index (χ2n) is 6.23. The van der Waals surface area contributed by atoms with E-state index in [2.05, 4.69) is 27.3 Å². The van der Waals surface area contributed by atoms with Crippen LogP contribution in [0.5, 0.6) is 5.75 Å². The van der Waals surface area contributed by atoms with E-state index in [1.54, 1.807) is 4.90 Å². The van der Waals surface area contributed by atoms with E-state index in [0.29, 0.717) is 13.1 Å². The molecule has 0 saturated carbocycles. The quantitative estimate of drug-likeness (QED) is 0.834. The summed E-state index contributed by atoms with van der Waals surface area (Å²) in [6, 6.07) is 8.01. The third kappa shape index (κ3) is 2.62. The number of aromatic amines is 1. The molecule has 0 radical (unpaired) electrons. The van der Waals surface area contributed by atoms with Crippen LogP contribution in [0, 0.1) is 0 Å². The largest absolute Gasteiger partial charge is 0.483 e. The second kappa shape index (κ2) is 5.67. The fourth-order valence-corrected chi connectivity index (χ4v) is 3.33. The summed E-state index contributed by atoms with van der Waals surface area (Å²) in [5.74, 6) is 1.01. The molecule has 2 aliphatic rings. The lowest BCUT2D eigenvalue weighted by Gasteiger charge is -2.34. The summed E-state index contributed by atoms with van der Waals surface area (Å²) >= 11 is 0. The van der Waals surface area contributed by atoms with Crippen molar-refractivity contribution < 1.29 is 9.53 Å². The summed E-state index contributed by atoms with van der Waals surface area (Å²) in [6.45, 7) is 1.27. The fourth-order valence-electron chi connectivity index (χ4n) is 3.33. The number of H-pyrrole nitrogens is 1. The van der Waals surface area contributed by atoms with Gasteiger partial charge in [-0.25, -0.2) is 0 Å². The van der Waals surface area contributed by atoms with Crippen LogP contribution < -0.4 is 10.5 Å². The van der Waals surface area contributed by atoms with E-state index in [4.69, 9.17) is 10.5 Å². The number of para-hydroxylation sites is 1. The molecule has 7 nitrogen and oxygen atoms in total. The molecule has 1 fully saturated rings. The highest BCUT2D eigenvalue weighted by molar-refractivity contribution is 5.90. The minimum Gasteiger partial charge on any atom is -0.483 e. The van der Waals surface area contributed by atoms with Gasteiger partial charge < -0.3 is 15.4 Å². The Labute approximate surface area is 139 Å². The number of anilines is 1. The molecule has 0 bridgehead atoms. The minimum absolute atomic E-state index is 0.0831. The van der Waals surface area contributed by atoms with Crippen molar-refractivity contribution in [1.82, 2.24) is 20.1 Å². The van der Waals surface area contributed by atoms with Crippen LogP contribution in [0.15, 0.2) is 30.3 Å². The van der Waals surface area contributed by atoms with Crippen LogP contribution in [-0.4, -0.2) is 44.7 Å². The monoisotopic (exact) mass is 325 g/mol. The number of nitrogens with one attached hydrogen (secondary N) is 1. The molecule has 2 aliphatic heterocycles. The predicted molar refractivity (Wildman–Crippen MR) is 89.4 cm³/mol. The molecule has 4 rings (SSSR count). The van der Waals surface area contributed by atoms with Gasteiger partial charge in [0.1, 0.15) is 11.4 Å². The molecular weight excluding hydrogens is 306 g/mol. The molecule has 3 N–H and O–H groups in total. The smallest absolute Gasteiger partial charge is 0.291 e. The number of ether oxygens (including phenoxy) is 1. The third-order valence-corrected chi connectivity index (χ3v) is 4.62.